The number of carbonyl (C=O) groups is 2. The van der Waals surface area contributed by atoms with E-state index in [1.807, 2.05) is 48.5 Å². The number of hydrazone groups is 2. The number of nitrogens with zero attached hydrogens (tertiary/aromatic N) is 4. The molecule has 0 aliphatic heterocycles. The molecule has 0 radical (unpaired) electrons. The summed E-state index contributed by atoms with van der Waals surface area (Å²) in [7, 11) is 3.19. The molecule has 2 N–H and O–H groups in total. The van der Waals surface area contributed by atoms with Crippen LogP contribution in [-0.4, -0.2) is 60.2 Å². The maximum atomic E-state index is 12.0. The Bertz CT molecular complexity index is 1080. The Hall–Kier alpha value is -3.42. The van der Waals surface area contributed by atoms with Crippen LogP contribution in [0.1, 0.15) is 11.1 Å². The van der Waals surface area contributed by atoms with Crippen LogP contribution in [0.25, 0.3) is 0 Å². The number of benzene rings is 2. The Morgan fingerprint density at radius 1 is 0.800 bits per heavy atom. The third-order valence-electron chi connectivity index (χ3n) is 4.08. The number of methoxy groups -OCH3 is 2. The summed E-state index contributed by atoms with van der Waals surface area (Å²) in [5.41, 5.74) is 6.61. The molecular weight excluding hydrogens is 508 g/mol. The van der Waals surface area contributed by atoms with Gasteiger partial charge in [-0.1, -0.05) is 34.9 Å². The lowest BCUT2D eigenvalue weighted by Gasteiger charge is -2.00. The van der Waals surface area contributed by atoms with Gasteiger partial charge in [0.25, 0.3) is 11.8 Å². The van der Waals surface area contributed by atoms with Crippen LogP contribution < -0.4 is 20.3 Å². The predicted molar refractivity (Wildman–Crippen MR) is 139 cm³/mol. The summed E-state index contributed by atoms with van der Waals surface area (Å²) in [5, 5.41) is 15.9. The van der Waals surface area contributed by atoms with Crippen LogP contribution in [0, 0.1) is 0 Å². The normalized spacial score (nSPS) is 11.0. The second-order valence-electron chi connectivity index (χ2n) is 6.54. The summed E-state index contributed by atoms with van der Waals surface area (Å²) in [5.74, 6) is 1.24. The zero-order valence-electron chi connectivity index (χ0n) is 18.8. The second-order valence-corrected chi connectivity index (χ2v) is 9.97. The van der Waals surface area contributed by atoms with Crippen LogP contribution in [0.3, 0.4) is 0 Å². The summed E-state index contributed by atoms with van der Waals surface area (Å²) >= 11 is 3.80. The minimum absolute atomic E-state index is 0.139. The molecule has 0 bridgehead atoms. The van der Waals surface area contributed by atoms with Gasteiger partial charge in [-0.25, -0.2) is 10.9 Å². The number of aromatic nitrogens is 2. The van der Waals surface area contributed by atoms with Crippen molar-refractivity contribution in [2.75, 3.05) is 25.7 Å². The summed E-state index contributed by atoms with van der Waals surface area (Å²) < 4.78 is 11.4. The first-order valence-electron chi connectivity index (χ1n) is 10.1. The second kappa shape index (κ2) is 14.1. The SMILES string of the molecule is COc1ccc(/C=N\NC(=O)CSc2nnc(SCC(=O)N/N=C\c3ccc(OC)cc3)s2)cc1. The standard InChI is InChI=1S/C22H22N6O4S3/c1-31-17-7-3-15(4-8-17)11-23-25-19(29)13-33-21-27-28-22(35-21)34-14-20(30)26-24-12-16-5-9-18(32-2)10-6-16/h3-12H,13-14H2,1-2H3,(H,25,29)(H,26,30)/b23-11-,24-12-. The van der Waals surface area contributed by atoms with Gasteiger partial charge in [0, 0.05) is 0 Å². The van der Waals surface area contributed by atoms with Gasteiger partial charge >= 0.3 is 0 Å². The molecule has 35 heavy (non-hydrogen) atoms. The van der Waals surface area contributed by atoms with E-state index in [9.17, 15) is 9.59 Å². The van der Waals surface area contributed by atoms with Crippen LogP contribution in [0.5, 0.6) is 11.5 Å². The summed E-state index contributed by atoms with van der Waals surface area (Å²) in [6.07, 6.45) is 3.10. The fraction of sp³-hybridized carbons (Fsp3) is 0.182. The van der Waals surface area contributed by atoms with E-state index in [2.05, 4.69) is 31.3 Å². The van der Waals surface area contributed by atoms with Gasteiger partial charge in [-0.15, -0.1) is 10.2 Å². The van der Waals surface area contributed by atoms with Gasteiger partial charge in [-0.2, -0.15) is 10.2 Å². The highest BCUT2D eigenvalue weighted by molar-refractivity contribution is 8.03. The average Bonchev–Trinajstić information content (AvgIpc) is 3.35. The van der Waals surface area contributed by atoms with E-state index < -0.39 is 0 Å². The van der Waals surface area contributed by atoms with Crippen molar-refractivity contribution in [2.24, 2.45) is 10.2 Å². The third kappa shape index (κ3) is 9.39. The molecule has 0 atom stereocenters. The fourth-order valence-electron chi connectivity index (χ4n) is 2.37. The monoisotopic (exact) mass is 530 g/mol. The highest BCUT2D eigenvalue weighted by Crippen LogP contribution is 2.28. The van der Waals surface area contributed by atoms with E-state index in [1.165, 1.54) is 34.9 Å². The lowest BCUT2D eigenvalue weighted by molar-refractivity contribution is -0.119. The zero-order valence-corrected chi connectivity index (χ0v) is 21.3. The number of hydrogen-bond acceptors (Lipinski definition) is 11. The molecule has 0 saturated heterocycles. The van der Waals surface area contributed by atoms with Gasteiger partial charge in [0.1, 0.15) is 11.5 Å². The molecule has 0 spiro atoms. The van der Waals surface area contributed by atoms with Crippen molar-refractivity contribution in [1.82, 2.24) is 21.0 Å². The van der Waals surface area contributed by atoms with E-state index >= 15 is 0 Å². The summed E-state index contributed by atoms with van der Waals surface area (Å²) in [6, 6.07) is 14.6. The highest BCUT2D eigenvalue weighted by Gasteiger charge is 2.10. The van der Waals surface area contributed by atoms with Crippen LogP contribution in [0.2, 0.25) is 0 Å². The van der Waals surface area contributed by atoms with Crippen molar-refractivity contribution in [3.63, 3.8) is 0 Å². The van der Waals surface area contributed by atoms with Gasteiger partial charge in [0.15, 0.2) is 8.68 Å². The van der Waals surface area contributed by atoms with Crippen molar-refractivity contribution in [3.8, 4) is 11.5 Å². The average molecular weight is 531 g/mol. The van der Waals surface area contributed by atoms with Crippen molar-refractivity contribution in [3.05, 3.63) is 59.7 Å². The van der Waals surface area contributed by atoms with Gasteiger partial charge in [0.2, 0.25) is 0 Å². The topological polar surface area (TPSA) is 127 Å². The third-order valence-corrected chi connectivity index (χ3v) is 7.27. The molecule has 182 valence electrons. The first kappa shape index (κ1) is 26.2. The molecule has 0 fully saturated rings. The maximum Gasteiger partial charge on any atom is 0.250 e. The van der Waals surface area contributed by atoms with Crippen LogP contribution in [-0.2, 0) is 9.59 Å². The van der Waals surface area contributed by atoms with E-state index in [1.54, 1.807) is 26.6 Å². The molecule has 2 aromatic carbocycles. The zero-order chi connectivity index (χ0) is 24.9. The predicted octanol–water partition coefficient (Wildman–Crippen LogP) is 3.04. The molecule has 10 nitrogen and oxygen atoms in total. The molecule has 0 aliphatic rings. The van der Waals surface area contributed by atoms with E-state index in [4.69, 9.17) is 9.47 Å². The highest BCUT2D eigenvalue weighted by atomic mass is 32.2. The van der Waals surface area contributed by atoms with E-state index in [0.29, 0.717) is 8.68 Å². The van der Waals surface area contributed by atoms with Gasteiger partial charge in [0.05, 0.1) is 38.2 Å². The quantitative estimate of drug-likeness (QED) is 0.208. The number of thioether (sulfide) groups is 2. The number of rotatable bonds is 12. The first-order chi connectivity index (χ1) is 17.1. The molecule has 0 unspecified atom stereocenters. The van der Waals surface area contributed by atoms with Crippen LogP contribution in [0.4, 0.5) is 0 Å². The summed E-state index contributed by atoms with van der Waals surface area (Å²) in [6.45, 7) is 0. The Kier molecular flexibility index (Phi) is 10.5. The van der Waals surface area contributed by atoms with Gasteiger partial charge in [-0.05, 0) is 59.7 Å². The molecular formula is C22H22N6O4S3. The Morgan fingerprint density at radius 3 is 1.57 bits per heavy atom. The first-order valence-corrected chi connectivity index (χ1v) is 12.9. The number of amides is 2. The smallest absolute Gasteiger partial charge is 0.250 e. The molecule has 13 heteroatoms. The van der Waals surface area contributed by atoms with Crippen LogP contribution in [0.15, 0.2) is 67.4 Å². The number of hydrogen-bond donors (Lipinski definition) is 2. The molecule has 1 aromatic heterocycles. The minimum Gasteiger partial charge on any atom is -0.497 e. The number of ether oxygens (including phenoxy) is 2. The Labute approximate surface area is 214 Å². The van der Waals surface area contributed by atoms with Crippen molar-refractivity contribution in [2.45, 2.75) is 8.68 Å². The summed E-state index contributed by atoms with van der Waals surface area (Å²) in [4.78, 5) is 24.0. The largest absolute Gasteiger partial charge is 0.497 e. The van der Waals surface area contributed by atoms with Crippen molar-refractivity contribution >= 4 is 59.1 Å². The molecule has 3 rings (SSSR count). The number of carbonyl (C=O) groups excluding carboxylic acids is 2. The van der Waals surface area contributed by atoms with E-state index in [0.717, 1.165) is 22.6 Å². The maximum absolute atomic E-state index is 12.0. The molecule has 2 amide bonds. The molecule has 0 saturated carbocycles. The fourth-order valence-corrected chi connectivity index (χ4v) is 4.98. The molecule has 3 aromatic rings. The van der Waals surface area contributed by atoms with Gasteiger partial charge in [-0.3, -0.25) is 9.59 Å². The molecule has 0 aliphatic carbocycles. The van der Waals surface area contributed by atoms with Crippen molar-refractivity contribution < 1.29 is 19.1 Å². The number of nitrogens with one attached hydrogen (secondary N) is 2. The Morgan fingerprint density at radius 2 is 1.20 bits per heavy atom. The molecule has 1 heterocycles. The van der Waals surface area contributed by atoms with Crippen molar-refractivity contribution in [1.29, 1.82) is 0 Å². The lowest BCUT2D eigenvalue weighted by atomic mass is 10.2. The minimum atomic E-state index is -0.265. The van der Waals surface area contributed by atoms with Crippen LogP contribution >= 0.6 is 34.9 Å². The van der Waals surface area contributed by atoms with E-state index in [-0.39, 0.29) is 23.3 Å². The lowest BCUT2D eigenvalue weighted by Crippen LogP contribution is -2.19. The Balaban J connectivity index is 1.34. The van der Waals surface area contributed by atoms with Gasteiger partial charge < -0.3 is 9.47 Å².